The first kappa shape index (κ1) is 16.4. The minimum Gasteiger partial charge on any atom is -0.493 e. The number of hydrogen-bond donors (Lipinski definition) is 2. The maximum Gasteiger partial charge on any atom is 0.347 e. The van der Waals surface area contributed by atoms with Gasteiger partial charge in [-0.2, -0.15) is 8.39 Å². The molecule has 1 heterocycles. The molecule has 0 radical (unpaired) electrons. The Balaban J connectivity index is 1.99. The lowest BCUT2D eigenvalue weighted by molar-refractivity contribution is 0.115. The van der Waals surface area contributed by atoms with E-state index in [1.54, 1.807) is 18.2 Å². The number of aliphatic hydroxyl groups is 1. The minimum absolute atomic E-state index is 0.316. The number of nitrogens with one attached hydrogen (secondary N) is 1. The molecular weight excluding hydrogens is 346 g/mol. The maximum absolute atomic E-state index is 13.6. The Morgan fingerprint density at radius 2 is 2.04 bits per heavy atom. The average Bonchev–Trinajstić information content (AvgIpc) is 2.53. The summed E-state index contributed by atoms with van der Waals surface area (Å²) in [5, 5.41) is 9.93. The van der Waals surface area contributed by atoms with Gasteiger partial charge in [0.15, 0.2) is 0 Å². The Labute approximate surface area is 136 Å². The zero-order valence-electron chi connectivity index (χ0n) is 11.8. The number of anilines is 1. The van der Waals surface area contributed by atoms with E-state index in [-0.39, 0.29) is 0 Å². The lowest BCUT2D eigenvalue weighted by atomic mass is 9.97. The molecule has 1 atom stereocenters. The largest absolute Gasteiger partial charge is 0.493 e. The lowest BCUT2D eigenvalue weighted by Crippen LogP contribution is -2.13. The molecule has 2 aromatic rings. The molecule has 0 spiro atoms. The summed E-state index contributed by atoms with van der Waals surface area (Å²) in [6.07, 6.45) is -0.0677. The molecule has 3 nitrogen and oxygen atoms in total. The molecule has 0 aliphatic carbocycles. The van der Waals surface area contributed by atoms with Crippen LogP contribution in [0.4, 0.5) is 18.5 Å². The second kappa shape index (κ2) is 6.99. The van der Waals surface area contributed by atoms with Crippen molar-refractivity contribution in [2.75, 3.05) is 11.3 Å². The summed E-state index contributed by atoms with van der Waals surface area (Å²) in [7, 11) is -3.17. The van der Waals surface area contributed by atoms with Crippen LogP contribution in [0.1, 0.15) is 18.1 Å². The molecule has 8 heteroatoms. The van der Waals surface area contributed by atoms with Gasteiger partial charge in [-0.15, -0.1) is 0 Å². The van der Waals surface area contributed by atoms with E-state index < -0.39 is 19.7 Å². The fourth-order valence-corrected chi connectivity index (χ4v) is 3.31. The van der Waals surface area contributed by atoms with Crippen LogP contribution in [0.25, 0.3) is 11.1 Å². The van der Waals surface area contributed by atoms with Crippen LogP contribution in [0.3, 0.4) is 0 Å². The van der Waals surface area contributed by atoms with Crippen molar-refractivity contribution in [3.63, 3.8) is 0 Å². The van der Waals surface area contributed by atoms with Crippen LogP contribution in [0.15, 0.2) is 36.4 Å². The molecule has 0 amide bonds. The SMILES string of the molecule is O[C@H]1CCOc2cc(-c3cc(F)ccc3NSP(F)F)ccc21. The number of halogens is 3. The molecule has 0 fully saturated rings. The van der Waals surface area contributed by atoms with Crippen LogP contribution in [0, 0.1) is 5.82 Å². The molecule has 122 valence electrons. The van der Waals surface area contributed by atoms with Crippen LogP contribution in [-0.4, -0.2) is 11.7 Å². The Morgan fingerprint density at radius 1 is 1.22 bits per heavy atom. The lowest BCUT2D eigenvalue weighted by Gasteiger charge is -2.23. The van der Waals surface area contributed by atoms with E-state index in [9.17, 15) is 17.9 Å². The molecule has 0 aromatic heterocycles. The average molecular weight is 359 g/mol. The third-order valence-corrected chi connectivity index (χ3v) is 4.68. The van der Waals surface area contributed by atoms with Gasteiger partial charge >= 0.3 is 7.74 Å². The van der Waals surface area contributed by atoms with Gasteiger partial charge in [0.2, 0.25) is 0 Å². The molecule has 23 heavy (non-hydrogen) atoms. The molecule has 3 rings (SSSR count). The monoisotopic (exact) mass is 359 g/mol. The Kier molecular flexibility index (Phi) is 4.99. The molecule has 0 bridgehead atoms. The number of fused-ring (bicyclic) bond motifs is 1. The Hall–Kier alpha value is -1.43. The molecule has 2 aromatic carbocycles. The van der Waals surface area contributed by atoms with Crippen molar-refractivity contribution in [3.8, 4) is 16.9 Å². The van der Waals surface area contributed by atoms with E-state index in [1.165, 1.54) is 18.2 Å². The van der Waals surface area contributed by atoms with Crippen molar-refractivity contribution in [2.45, 2.75) is 12.5 Å². The van der Waals surface area contributed by atoms with Crippen molar-refractivity contribution in [1.29, 1.82) is 0 Å². The van der Waals surface area contributed by atoms with Crippen LogP contribution < -0.4 is 9.46 Å². The molecule has 1 aliphatic heterocycles. The van der Waals surface area contributed by atoms with E-state index in [4.69, 9.17) is 4.74 Å². The predicted molar refractivity (Wildman–Crippen MR) is 87.3 cm³/mol. The highest BCUT2D eigenvalue weighted by Crippen LogP contribution is 2.53. The summed E-state index contributed by atoms with van der Waals surface area (Å²) < 4.78 is 46.6. The molecule has 0 saturated heterocycles. The van der Waals surface area contributed by atoms with Crippen molar-refractivity contribution >= 4 is 25.0 Å². The number of ether oxygens (including phenoxy) is 1. The first-order valence-electron chi connectivity index (χ1n) is 6.84. The summed E-state index contributed by atoms with van der Waals surface area (Å²) in [4.78, 5) is 0. The van der Waals surface area contributed by atoms with Crippen LogP contribution in [-0.2, 0) is 0 Å². The van der Waals surface area contributed by atoms with E-state index in [0.717, 1.165) is 0 Å². The number of rotatable bonds is 4. The Bertz CT molecular complexity index is 717. The fraction of sp³-hybridized carbons (Fsp3) is 0.200. The number of hydrogen-bond acceptors (Lipinski definition) is 4. The second-order valence-corrected chi connectivity index (χ2v) is 7.16. The van der Waals surface area contributed by atoms with Gasteiger partial charge < -0.3 is 14.6 Å². The van der Waals surface area contributed by atoms with Crippen LogP contribution in [0.2, 0.25) is 0 Å². The standard InChI is InChI=1S/C15H13F3NO2PS/c16-10-2-4-13(19-23-22(17)18)12(8-10)9-1-3-11-14(20)5-6-21-15(11)7-9/h1-4,7-8,14,19-20H,5-6H2/t14-/m0/s1. The highest BCUT2D eigenvalue weighted by molar-refractivity contribution is 8.53. The van der Waals surface area contributed by atoms with E-state index in [0.29, 0.717) is 52.7 Å². The minimum atomic E-state index is -3.17. The van der Waals surface area contributed by atoms with Gasteiger partial charge in [-0.25, -0.2) is 4.39 Å². The quantitative estimate of drug-likeness (QED) is 0.556. The van der Waals surface area contributed by atoms with Gasteiger partial charge in [-0.3, -0.25) is 0 Å². The first-order valence-corrected chi connectivity index (χ1v) is 9.38. The van der Waals surface area contributed by atoms with Crippen LogP contribution in [0.5, 0.6) is 5.75 Å². The summed E-state index contributed by atoms with van der Waals surface area (Å²) in [6.45, 7) is 0.399. The summed E-state index contributed by atoms with van der Waals surface area (Å²) >= 11 is 0.316. The topological polar surface area (TPSA) is 41.5 Å². The summed E-state index contributed by atoms with van der Waals surface area (Å²) in [5.41, 5.74) is 2.16. The highest BCUT2D eigenvalue weighted by atomic mass is 32.7. The van der Waals surface area contributed by atoms with Crippen molar-refractivity contribution < 1.29 is 22.6 Å². The third kappa shape index (κ3) is 3.74. The van der Waals surface area contributed by atoms with E-state index in [2.05, 4.69) is 4.72 Å². The molecule has 0 saturated carbocycles. The smallest absolute Gasteiger partial charge is 0.347 e. The summed E-state index contributed by atoms with van der Waals surface area (Å²) in [5.74, 6) is 0.0688. The van der Waals surface area contributed by atoms with Crippen molar-refractivity contribution in [1.82, 2.24) is 0 Å². The first-order chi connectivity index (χ1) is 11.0. The zero-order chi connectivity index (χ0) is 16.4. The van der Waals surface area contributed by atoms with Gasteiger partial charge in [0, 0.05) is 29.1 Å². The van der Waals surface area contributed by atoms with Crippen molar-refractivity contribution in [3.05, 3.63) is 47.8 Å². The molecule has 1 aliphatic rings. The van der Waals surface area contributed by atoms with Crippen molar-refractivity contribution in [2.24, 2.45) is 0 Å². The number of benzene rings is 2. The van der Waals surface area contributed by atoms with E-state index in [1.807, 2.05) is 0 Å². The maximum atomic E-state index is 13.6. The third-order valence-electron chi connectivity index (χ3n) is 3.54. The van der Waals surface area contributed by atoms with Gasteiger partial charge in [0.05, 0.1) is 18.4 Å². The van der Waals surface area contributed by atoms with Crippen LogP contribution >= 0.6 is 19.3 Å². The van der Waals surface area contributed by atoms with Gasteiger partial charge in [-0.1, -0.05) is 12.1 Å². The molecule has 2 N–H and O–H groups in total. The van der Waals surface area contributed by atoms with Gasteiger partial charge in [0.1, 0.15) is 11.6 Å². The normalized spacial score (nSPS) is 16.8. The Morgan fingerprint density at radius 3 is 2.83 bits per heavy atom. The van der Waals surface area contributed by atoms with Gasteiger partial charge in [-0.05, 0) is 29.8 Å². The number of aliphatic hydroxyl groups excluding tert-OH is 1. The molecule has 0 unspecified atom stereocenters. The zero-order valence-corrected chi connectivity index (χ0v) is 13.5. The van der Waals surface area contributed by atoms with E-state index >= 15 is 0 Å². The van der Waals surface area contributed by atoms with Gasteiger partial charge in [0.25, 0.3) is 0 Å². The molecular formula is C15H13F3NO2PS. The highest BCUT2D eigenvalue weighted by Gasteiger charge is 2.20. The predicted octanol–water partition coefficient (Wildman–Crippen LogP) is 5.53. The fourth-order valence-electron chi connectivity index (χ4n) is 2.47. The summed E-state index contributed by atoms with van der Waals surface area (Å²) in [6, 6.07) is 9.04. The second-order valence-electron chi connectivity index (χ2n) is 4.99.